The van der Waals surface area contributed by atoms with Crippen molar-refractivity contribution in [1.29, 1.82) is 0 Å². The SMILES string of the molecule is C=CCN1C[C@H](C(=O)N2CCCn3nc(CCC(=O)O)cc3C2)CCC1=O. The van der Waals surface area contributed by atoms with E-state index in [-0.39, 0.29) is 24.2 Å². The summed E-state index contributed by atoms with van der Waals surface area (Å²) in [5, 5.41) is 13.3. The molecule has 0 bridgehead atoms. The first kappa shape index (κ1) is 19.1. The number of aryl methyl sites for hydroxylation is 2. The average molecular weight is 374 g/mol. The van der Waals surface area contributed by atoms with Gasteiger partial charge < -0.3 is 14.9 Å². The van der Waals surface area contributed by atoms with E-state index in [9.17, 15) is 14.4 Å². The maximum atomic E-state index is 13.0. The van der Waals surface area contributed by atoms with E-state index in [0.29, 0.717) is 45.4 Å². The summed E-state index contributed by atoms with van der Waals surface area (Å²) in [7, 11) is 0. The number of hydrogen-bond donors (Lipinski definition) is 1. The number of nitrogens with zero attached hydrogens (tertiary/aromatic N) is 4. The zero-order valence-electron chi connectivity index (χ0n) is 15.5. The first-order chi connectivity index (χ1) is 13.0. The van der Waals surface area contributed by atoms with Crippen LogP contribution in [0.15, 0.2) is 18.7 Å². The Morgan fingerprint density at radius 3 is 2.93 bits per heavy atom. The molecule has 0 unspecified atom stereocenters. The highest BCUT2D eigenvalue weighted by Crippen LogP contribution is 2.23. The van der Waals surface area contributed by atoms with Crippen molar-refractivity contribution < 1.29 is 19.5 Å². The summed E-state index contributed by atoms with van der Waals surface area (Å²) in [4.78, 5) is 39.3. The van der Waals surface area contributed by atoms with Crippen molar-refractivity contribution in [2.45, 2.75) is 45.2 Å². The number of carbonyl (C=O) groups is 3. The van der Waals surface area contributed by atoms with Crippen molar-refractivity contribution in [3.63, 3.8) is 0 Å². The molecule has 2 aliphatic heterocycles. The van der Waals surface area contributed by atoms with Crippen LogP contribution < -0.4 is 0 Å². The largest absolute Gasteiger partial charge is 0.481 e. The molecule has 2 amide bonds. The average Bonchev–Trinajstić information content (AvgIpc) is 2.91. The second kappa shape index (κ2) is 8.37. The molecular formula is C19H26N4O4. The van der Waals surface area contributed by atoms with E-state index >= 15 is 0 Å². The molecule has 1 N–H and O–H groups in total. The quantitative estimate of drug-likeness (QED) is 0.751. The molecule has 0 spiro atoms. The molecular weight excluding hydrogens is 348 g/mol. The second-order valence-electron chi connectivity index (χ2n) is 7.18. The van der Waals surface area contributed by atoms with E-state index in [4.69, 9.17) is 5.11 Å². The topological polar surface area (TPSA) is 95.7 Å². The molecule has 1 aromatic rings. The highest BCUT2D eigenvalue weighted by molar-refractivity contribution is 5.84. The Morgan fingerprint density at radius 2 is 2.19 bits per heavy atom. The van der Waals surface area contributed by atoms with Gasteiger partial charge in [0.2, 0.25) is 11.8 Å². The third-order valence-electron chi connectivity index (χ3n) is 5.17. The Balaban J connectivity index is 1.66. The van der Waals surface area contributed by atoms with Crippen molar-refractivity contribution in [2.75, 3.05) is 19.6 Å². The van der Waals surface area contributed by atoms with Crippen LogP contribution in [0.3, 0.4) is 0 Å². The molecule has 1 fully saturated rings. The number of aromatic nitrogens is 2. The van der Waals surface area contributed by atoms with Crippen LogP contribution in [-0.2, 0) is 33.9 Å². The van der Waals surface area contributed by atoms with Crippen molar-refractivity contribution in [2.24, 2.45) is 5.92 Å². The van der Waals surface area contributed by atoms with Crippen molar-refractivity contribution >= 4 is 17.8 Å². The van der Waals surface area contributed by atoms with Gasteiger partial charge in [-0.05, 0) is 18.9 Å². The van der Waals surface area contributed by atoms with Crippen LogP contribution in [0.2, 0.25) is 0 Å². The predicted octanol–water partition coefficient (Wildman–Crippen LogP) is 1.06. The van der Waals surface area contributed by atoms with Gasteiger partial charge in [0.25, 0.3) is 0 Å². The maximum absolute atomic E-state index is 13.0. The summed E-state index contributed by atoms with van der Waals surface area (Å²) in [6.45, 7) is 6.46. The van der Waals surface area contributed by atoms with E-state index in [2.05, 4.69) is 11.7 Å². The fourth-order valence-electron chi connectivity index (χ4n) is 3.77. The lowest BCUT2D eigenvalue weighted by molar-refractivity contribution is -0.143. The summed E-state index contributed by atoms with van der Waals surface area (Å²) in [5.74, 6) is -0.858. The molecule has 0 aliphatic carbocycles. The summed E-state index contributed by atoms with van der Waals surface area (Å²) < 4.78 is 1.89. The number of aliphatic carboxylic acids is 1. The lowest BCUT2D eigenvalue weighted by Crippen LogP contribution is -2.47. The van der Waals surface area contributed by atoms with Crippen LogP contribution >= 0.6 is 0 Å². The minimum atomic E-state index is -0.842. The Hall–Kier alpha value is -2.64. The smallest absolute Gasteiger partial charge is 0.303 e. The van der Waals surface area contributed by atoms with Crippen LogP contribution in [0.5, 0.6) is 0 Å². The number of carboxylic acid groups (broad SMARTS) is 1. The molecule has 3 heterocycles. The maximum Gasteiger partial charge on any atom is 0.303 e. The molecule has 0 radical (unpaired) electrons. The van der Waals surface area contributed by atoms with Crippen molar-refractivity contribution in [1.82, 2.24) is 19.6 Å². The van der Waals surface area contributed by atoms with Crippen LogP contribution in [-0.4, -0.2) is 62.1 Å². The second-order valence-corrected chi connectivity index (χ2v) is 7.18. The van der Waals surface area contributed by atoms with Gasteiger partial charge >= 0.3 is 5.97 Å². The van der Waals surface area contributed by atoms with Crippen LogP contribution in [0, 0.1) is 5.92 Å². The zero-order chi connectivity index (χ0) is 19.4. The van der Waals surface area contributed by atoms with Gasteiger partial charge in [-0.2, -0.15) is 5.10 Å². The Labute approximate surface area is 158 Å². The number of fused-ring (bicyclic) bond motifs is 1. The Kier molecular flexibility index (Phi) is 5.93. The van der Waals surface area contributed by atoms with Gasteiger partial charge in [0, 0.05) is 39.0 Å². The molecule has 146 valence electrons. The lowest BCUT2D eigenvalue weighted by Gasteiger charge is -2.34. The number of piperidine rings is 1. The molecule has 1 atom stereocenters. The van der Waals surface area contributed by atoms with Crippen molar-refractivity contribution in [3.8, 4) is 0 Å². The number of amides is 2. The fourth-order valence-corrected chi connectivity index (χ4v) is 3.77. The van der Waals surface area contributed by atoms with E-state index in [0.717, 1.165) is 24.4 Å². The number of carboxylic acids is 1. The Morgan fingerprint density at radius 1 is 1.37 bits per heavy atom. The molecule has 8 nitrogen and oxygen atoms in total. The van der Waals surface area contributed by atoms with Crippen molar-refractivity contribution in [3.05, 3.63) is 30.1 Å². The van der Waals surface area contributed by atoms with E-state index in [1.807, 2.05) is 15.6 Å². The minimum Gasteiger partial charge on any atom is -0.481 e. The molecule has 1 aromatic heterocycles. The summed E-state index contributed by atoms with van der Waals surface area (Å²) in [6.07, 6.45) is 3.92. The Bertz CT molecular complexity index is 742. The zero-order valence-corrected chi connectivity index (χ0v) is 15.5. The summed E-state index contributed by atoms with van der Waals surface area (Å²) in [6, 6.07) is 1.91. The van der Waals surface area contributed by atoms with Gasteiger partial charge in [-0.25, -0.2) is 0 Å². The van der Waals surface area contributed by atoms with Gasteiger partial charge in [0.05, 0.1) is 30.3 Å². The van der Waals surface area contributed by atoms with Gasteiger partial charge in [0.15, 0.2) is 0 Å². The highest BCUT2D eigenvalue weighted by Gasteiger charge is 2.33. The number of likely N-dealkylation sites (tertiary alicyclic amines) is 1. The van der Waals surface area contributed by atoms with Crippen LogP contribution in [0.4, 0.5) is 0 Å². The van der Waals surface area contributed by atoms with Gasteiger partial charge in [-0.15, -0.1) is 6.58 Å². The lowest BCUT2D eigenvalue weighted by atomic mass is 9.95. The third-order valence-corrected chi connectivity index (χ3v) is 5.17. The first-order valence-electron chi connectivity index (χ1n) is 9.42. The molecule has 27 heavy (non-hydrogen) atoms. The molecule has 3 rings (SSSR count). The van der Waals surface area contributed by atoms with E-state index < -0.39 is 5.97 Å². The molecule has 8 heteroatoms. The normalized spacial score (nSPS) is 20.1. The molecule has 1 saturated heterocycles. The number of hydrogen-bond acceptors (Lipinski definition) is 4. The minimum absolute atomic E-state index is 0.0499. The highest BCUT2D eigenvalue weighted by atomic mass is 16.4. The first-order valence-corrected chi connectivity index (χ1v) is 9.42. The van der Waals surface area contributed by atoms with Crippen LogP contribution in [0.1, 0.15) is 37.1 Å². The summed E-state index contributed by atoms with van der Waals surface area (Å²) >= 11 is 0. The van der Waals surface area contributed by atoms with E-state index in [1.165, 1.54) is 0 Å². The molecule has 0 aromatic carbocycles. The van der Waals surface area contributed by atoms with Gasteiger partial charge in [0.1, 0.15) is 0 Å². The monoisotopic (exact) mass is 374 g/mol. The number of carbonyl (C=O) groups excluding carboxylic acids is 2. The standard InChI is InChI=1S/C19H26N4O4/c1-2-8-21-12-14(4-6-17(21)24)19(27)22-9-3-10-23-16(13-22)11-15(20-23)5-7-18(25)26/h2,11,14H,1,3-10,12-13H2,(H,25,26)/t14-/m1/s1. The van der Waals surface area contributed by atoms with E-state index in [1.54, 1.807) is 11.0 Å². The van der Waals surface area contributed by atoms with Gasteiger partial charge in [-0.1, -0.05) is 6.08 Å². The third kappa shape index (κ3) is 4.56. The fraction of sp³-hybridized carbons (Fsp3) is 0.579. The molecule has 0 saturated carbocycles. The predicted molar refractivity (Wildman–Crippen MR) is 97.7 cm³/mol. The van der Waals surface area contributed by atoms with Crippen LogP contribution in [0.25, 0.3) is 0 Å². The van der Waals surface area contributed by atoms with Gasteiger partial charge in [-0.3, -0.25) is 19.1 Å². The number of rotatable bonds is 6. The molecule has 2 aliphatic rings. The summed E-state index contributed by atoms with van der Waals surface area (Å²) in [5.41, 5.74) is 1.69.